The van der Waals surface area contributed by atoms with Crippen molar-refractivity contribution in [2.75, 3.05) is 0 Å². The molecule has 0 saturated carbocycles. The van der Waals surface area contributed by atoms with Gasteiger partial charge in [0.2, 0.25) is 0 Å². The number of carbonyl (C=O) groups excluding carboxylic acids is 1. The van der Waals surface area contributed by atoms with Gasteiger partial charge in [0, 0.05) is 12.0 Å². The number of halogens is 1. The van der Waals surface area contributed by atoms with Gasteiger partial charge in [-0.1, -0.05) is 24.3 Å². The number of carbonyl (C=O) groups is 1. The van der Waals surface area contributed by atoms with Gasteiger partial charge in [-0.3, -0.25) is 4.79 Å². The molecular weight excluding hydrogens is 263 g/mol. The molecule has 0 N–H and O–H groups in total. The van der Waals surface area contributed by atoms with Crippen LogP contribution in [0, 0.1) is 0 Å². The van der Waals surface area contributed by atoms with Crippen LogP contribution >= 0.6 is 22.6 Å². The third-order valence-electron chi connectivity index (χ3n) is 1.93. The lowest BCUT2D eigenvalue weighted by molar-refractivity contribution is 0.104. The number of allylic oxidation sites excluding steroid dienone is 2. The molecular formula is C10H7IO. The first kappa shape index (κ1) is 7.98. The second kappa shape index (κ2) is 3.01. The summed E-state index contributed by atoms with van der Waals surface area (Å²) in [6.07, 6.45) is 2.62. The molecule has 2 rings (SSSR count). The Labute approximate surface area is 84.6 Å². The van der Waals surface area contributed by atoms with Gasteiger partial charge in [-0.15, -0.1) is 0 Å². The summed E-state index contributed by atoms with van der Waals surface area (Å²) >= 11 is 2.21. The predicted octanol–water partition coefficient (Wildman–Crippen LogP) is 2.74. The third-order valence-corrected chi connectivity index (χ3v) is 2.62. The topological polar surface area (TPSA) is 17.1 Å². The molecule has 1 nitrogen and oxygen atoms in total. The van der Waals surface area contributed by atoms with Crippen molar-refractivity contribution in [2.45, 2.75) is 6.42 Å². The summed E-state index contributed by atoms with van der Waals surface area (Å²) in [5, 5.41) is 0. The van der Waals surface area contributed by atoms with Crippen molar-refractivity contribution in [2.24, 2.45) is 0 Å². The molecule has 0 spiro atoms. The van der Waals surface area contributed by atoms with Crippen molar-refractivity contribution in [1.82, 2.24) is 0 Å². The first-order chi connectivity index (χ1) is 5.77. The minimum Gasteiger partial charge on any atom is -0.289 e. The van der Waals surface area contributed by atoms with Crippen LogP contribution < -0.4 is 0 Å². The lowest BCUT2D eigenvalue weighted by atomic mass is 9.96. The normalized spacial score (nSPS) is 15.4. The Kier molecular flexibility index (Phi) is 2.00. The number of benzene rings is 1. The Morgan fingerprint density at radius 1 is 1.25 bits per heavy atom. The zero-order valence-electron chi connectivity index (χ0n) is 6.38. The highest BCUT2D eigenvalue weighted by atomic mass is 127. The van der Waals surface area contributed by atoms with Crippen molar-refractivity contribution in [3.63, 3.8) is 0 Å². The lowest BCUT2D eigenvalue weighted by Gasteiger charge is -2.11. The number of rotatable bonds is 0. The summed E-state index contributed by atoms with van der Waals surface area (Å²) in [4.78, 5) is 11.4. The Morgan fingerprint density at radius 2 is 2.00 bits per heavy atom. The van der Waals surface area contributed by atoms with Crippen LogP contribution in [0.15, 0.2) is 33.9 Å². The van der Waals surface area contributed by atoms with Crippen LogP contribution in [0.4, 0.5) is 0 Å². The summed E-state index contributed by atoms with van der Waals surface area (Å²) in [6.45, 7) is 0. The minimum atomic E-state index is 0.140. The number of fused-ring (bicyclic) bond motifs is 1. The predicted molar refractivity (Wildman–Crippen MR) is 56.6 cm³/mol. The van der Waals surface area contributed by atoms with Gasteiger partial charge in [-0.2, -0.15) is 0 Å². The molecule has 0 saturated heterocycles. The fraction of sp³-hybridized carbons (Fsp3) is 0.100. The summed E-state index contributed by atoms with van der Waals surface area (Å²) in [6, 6.07) is 7.78. The molecule has 0 fully saturated rings. The van der Waals surface area contributed by atoms with E-state index in [1.54, 1.807) is 6.08 Å². The van der Waals surface area contributed by atoms with Crippen molar-refractivity contribution in [3.05, 3.63) is 45.0 Å². The van der Waals surface area contributed by atoms with E-state index >= 15 is 0 Å². The van der Waals surface area contributed by atoms with E-state index in [1.165, 1.54) is 0 Å². The van der Waals surface area contributed by atoms with E-state index < -0.39 is 0 Å². The van der Waals surface area contributed by atoms with Gasteiger partial charge in [0.25, 0.3) is 0 Å². The molecule has 1 aliphatic carbocycles. The first-order valence-corrected chi connectivity index (χ1v) is 4.83. The highest BCUT2D eigenvalue weighted by molar-refractivity contribution is 14.1. The quantitative estimate of drug-likeness (QED) is 0.662. The largest absolute Gasteiger partial charge is 0.289 e. The van der Waals surface area contributed by atoms with E-state index in [-0.39, 0.29) is 5.78 Å². The smallest absolute Gasteiger partial charge is 0.186 e. The molecule has 12 heavy (non-hydrogen) atoms. The molecule has 2 heteroatoms. The highest BCUT2D eigenvalue weighted by Crippen LogP contribution is 2.23. The van der Waals surface area contributed by atoms with Gasteiger partial charge < -0.3 is 0 Å². The lowest BCUT2D eigenvalue weighted by Crippen LogP contribution is -2.06. The number of ketones is 1. The van der Waals surface area contributed by atoms with Crippen molar-refractivity contribution < 1.29 is 4.79 Å². The Balaban J connectivity index is 2.56. The second-order valence-corrected chi connectivity index (χ2v) is 4.17. The van der Waals surface area contributed by atoms with Crippen LogP contribution in [0.3, 0.4) is 0 Å². The maximum Gasteiger partial charge on any atom is 0.186 e. The van der Waals surface area contributed by atoms with Crippen molar-refractivity contribution in [1.29, 1.82) is 0 Å². The highest BCUT2D eigenvalue weighted by Gasteiger charge is 2.14. The van der Waals surface area contributed by atoms with E-state index in [0.29, 0.717) is 0 Å². The van der Waals surface area contributed by atoms with Gasteiger partial charge in [0.1, 0.15) is 0 Å². The van der Waals surface area contributed by atoms with E-state index in [2.05, 4.69) is 22.6 Å². The van der Waals surface area contributed by atoms with E-state index in [1.807, 2.05) is 24.3 Å². The average Bonchev–Trinajstić information content (AvgIpc) is 2.04. The van der Waals surface area contributed by atoms with Gasteiger partial charge >= 0.3 is 0 Å². The summed E-state index contributed by atoms with van der Waals surface area (Å²) in [5.41, 5.74) is 2.01. The zero-order chi connectivity index (χ0) is 8.55. The summed E-state index contributed by atoms with van der Waals surface area (Å²) in [7, 11) is 0. The van der Waals surface area contributed by atoms with E-state index in [9.17, 15) is 4.79 Å². The molecule has 0 heterocycles. The second-order valence-electron chi connectivity index (χ2n) is 2.79. The van der Waals surface area contributed by atoms with Crippen LogP contribution in [0.25, 0.3) is 0 Å². The third kappa shape index (κ3) is 1.31. The fourth-order valence-corrected chi connectivity index (χ4v) is 2.06. The van der Waals surface area contributed by atoms with Crippen molar-refractivity contribution >= 4 is 28.4 Å². The molecule has 1 aromatic rings. The van der Waals surface area contributed by atoms with Crippen LogP contribution in [-0.2, 0) is 6.42 Å². The molecule has 0 radical (unpaired) electrons. The molecule has 60 valence electrons. The number of hydrogen-bond donors (Lipinski definition) is 0. The van der Waals surface area contributed by atoms with Crippen LogP contribution in [0.1, 0.15) is 15.9 Å². The molecule has 0 amide bonds. The van der Waals surface area contributed by atoms with Crippen LogP contribution in [0.2, 0.25) is 0 Å². The molecule has 0 atom stereocenters. The van der Waals surface area contributed by atoms with Crippen LogP contribution in [0.5, 0.6) is 0 Å². The molecule has 1 aliphatic rings. The maximum atomic E-state index is 11.4. The van der Waals surface area contributed by atoms with E-state index in [4.69, 9.17) is 0 Å². The molecule has 0 bridgehead atoms. The molecule has 0 aromatic heterocycles. The Hall–Kier alpha value is -0.640. The van der Waals surface area contributed by atoms with Gasteiger partial charge in [-0.05, 0) is 37.8 Å². The minimum absolute atomic E-state index is 0.140. The first-order valence-electron chi connectivity index (χ1n) is 3.75. The Morgan fingerprint density at radius 3 is 2.83 bits per heavy atom. The number of hydrogen-bond acceptors (Lipinski definition) is 1. The fourth-order valence-electron chi connectivity index (χ4n) is 1.37. The monoisotopic (exact) mass is 270 g/mol. The summed E-state index contributed by atoms with van der Waals surface area (Å²) < 4.78 is 1.12. The standard InChI is InChI=1S/C10H7IO/c11-8-5-7-3-1-2-4-9(7)10(12)6-8/h1-4,6H,5H2. The SMILES string of the molecule is O=C1C=C(I)Cc2ccccc21. The van der Waals surface area contributed by atoms with Crippen molar-refractivity contribution in [3.8, 4) is 0 Å². The van der Waals surface area contributed by atoms with Gasteiger partial charge in [-0.25, -0.2) is 0 Å². The summed E-state index contributed by atoms with van der Waals surface area (Å²) in [5.74, 6) is 0.140. The molecule has 1 aromatic carbocycles. The average molecular weight is 270 g/mol. The zero-order valence-corrected chi connectivity index (χ0v) is 8.54. The van der Waals surface area contributed by atoms with Crippen LogP contribution in [-0.4, -0.2) is 5.78 Å². The van der Waals surface area contributed by atoms with Gasteiger partial charge in [0.15, 0.2) is 5.78 Å². The van der Waals surface area contributed by atoms with E-state index in [0.717, 1.165) is 21.1 Å². The van der Waals surface area contributed by atoms with Gasteiger partial charge in [0.05, 0.1) is 0 Å². The maximum absolute atomic E-state index is 11.4. The molecule has 0 aliphatic heterocycles. The Bertz CT molecular complexity index is 366. The molecule has 0 unspecified atom stereocenters.